The number of rotatable bonds is 11. The molecule has 0 spiro atoms. The summed E-state index contributed by atoms with van der Waals surface area (Å²) in [5, 5.41) is 9.95. The number of hydrogen-bond acceptors (Lipinski definition) is 1. The molecule has 0 fully saturated rings. The van der Waals surface area contributed by atoms with Crippen molar-refractivity contribution in [3.63, 3.8) is 0 Å². The molecule has 1 N–H and O–H groups in total. The van der Waals surface area contributed by atoms with E-state index in [2.05, 4.69) is 34.3 Å². The molecule has 0 aliphatic rings. The summed E-state index contributed by atoms with van der Waals surface area (Å²) in [4.78, 5) is 0. The Bertz CT molecular complexity index is 230. The van der Waals surface area contributed by atoms with Gasteiger partial charge in [0.15, 0.2) is 0 Å². The molecule has 0 heterocycles. The second kappa shape index (κ2) is 9.58. The highest BCUT2D eigenvalue weighted by molar-refractivity contribution is 4.92. The molecule has 0 aromatic rings. The Balaban J connectivity index is 3.64. The van der Waals surface area contributed by atoms with E-state index in [0.717, 1.165) is 18.3 Å². The van der Waals surface area contributed by atoms with Gasteiger partial charge in [-0.25, -0.2) is 0 Å². The molecule has 19 heavy (non-hydrogen) atoms. The largest absolute Gasteiger partial charge is 0.386 e. The van der Waals surface area contributed by atoms with E-state index in [-0.39, 0.29) is 0 Å². The third-order valence-electron chi connectivity index (χ3n) is 4.07. The highest BCUT2D eigenvalue weighted by Crippen LogP contribution is 2.24. The predicted octanol–water partition coefficient (Wildman–Crippen LogP) is 5.58. The first-order valence-electron chi connectivity index (χ1n) is 8.12. The van der Waals surface area contributed by atoms with Gasteiger partial charge in [-0.1, -0.05) is 72.3 Å². The normalized spacial score (nSPS) is 18.1. The van der Waals surface area contributed by atoms with Crippen LogP contribution in [0.25, 0.3) is 0 Å². The first-order chi connectivity index (χ1) is 8.76. The van der Waals surface area contributed by atoms with Gasteiger partial charge >= 0.3 is 0 Å². The number of aliphatic hydroxyl groups is 1. The van der Waals surface area contributed by atoms with Gasteiger partial charge in [-0.15, -0.1) is 6.58 Å². The van der Waals surface area contributed by atoms with Gasteiger partial charge in [-0.05, 0) is 31.1 Å². The third-order valence-corrected chi connectivity index (χ3v) is 4.07. The first-order valence-corrected chi connectivity index (χ1v) is 8.12. The monoisotopic (exact) mass is 268 g/mol. The van der Waals surface area contributed by atoms with E-state index < -0.39 is 5.60 Å². The second-order valence-corrected chi connectivity index (χ2v) is 7.23. The van der Waals surface area contributed by atoms with Crippen LogP contribution in [0.4, 0.5) is 0 Å². The average Bonchev–Trinajstić information content (AvgIpc) is 2.27. The molecule has 0 saturated heterocycles. The molecule has 3 unspecified atom stereocenters. The molecule has 0 aliphatic heterocycles. The molecule has 0 aliphatic carbocycles. The molecule has 3 atom stereocenters. The van der Waals surface area contributed by atoms with E-state index in [4.69, 9.17) is 0 Å². The van der Waals surface area contributed by atoms with Crippen molar-refractivity contribution in [3.8, 4) is 0 Å². The quantitative estimate of drug-likeness (QED) is 0.485. The lowest BCUT2D eigenvalue weighted by molar-refractivity contribution is 0.0829. The highest BCUT2D eigenvalue weighted by Gasteiger charge is 2.19. The van der Waals surface area contributed by atoms with Crippen LogP contribution in [0.2, 0.25) is 0 Å². The van der Waals surface area contributed by atoms with Gasteiger partial charge in [0.25, 0.3) is 0 Å². The smallest absolute Gasteiger partial charge is 0.0799 e. The van der Waals surface area contributed by atoms with Crippen molar-refractivity contribution < 1.29 is 5.11 Å². The lowest BCUT2D eigenvalue weighted by atomic mass is 9.88. The Kier molecular flexibility index (Phi) is 9.43. The van der Waals surface area contributed by atoms with Crippen molar-refractivity contribution >= 4 is 0 Å². The maximum atomic E-state index is 9.95. The van der Waals surface area contributed by atoms with Crippen LogP contribution in [-0.2, 0) is 0 Å². The first kappa shape index (κ1) is 18.7. The molecule has 0 rings (SSSR count). The number of hydrogen-bond donors (Lipinski definition) is 1. The minimum absolute atomic E-state index is 0.580. The Labute approximate surface area is 121 Å². The molecule has 1 nitrogen and oxygen atoms in total. The molecular formula is C18H36O. The molecule has 0 saturated carbocycles. The van der Waals surface area contributed by atoms with Crippen LogP contribution in [-0.4, -0.2) is 10.7 Å². The minimum atomic E-state index is -0.692. The molecular weight excluding hydrogens is 232 g/mol. The summed E-state index contributed by atoms with van der Waals surface area (Å²) < 4.78 is 0. The molecule has 0 aromatic carbocycles. The van der Waals surface area contributed by atoms with Gasteiger partial charge in [-0.2, -0.15) is 0 Å². The van der Waals surface area contributed by atoms with Crippen LogP contribution >= 0.6 is 0 Å². The lowest BCUT2D eigenvalue weighted by Gasteiger charge is -2.23. The van der Waals surface area contributed by atoms with E-state index in [1.807, 2.05) is 6.92 Å². The molecule has 1 heteroatoms. The molecule has 114 valence electrons. The topological polar surface area (TPSA) is 20.2 Å². The summed E-state index contributed by atoms with van der Waals surface area (Å²) in [5.74, 6) is 2.27. The Morgan fingerprint density at radius 3 is 1.89 bits per heavy atom. The molecule has 0 radical (unpaired) electrons. The van der Waals surface area contributed by atoms with Crippen molar-refractivity contribution in [2.45, 2.75) is 85.2 Å². The van der Waals surface area contributed by atoms with E-state index in [1.54, 1.807) is 6.08 Å². The van der Waals surface area contributed by atoms with Gasteiger partial charge in [0.2, 0.25) is 0 Å². The third kappa shape index (κ3) is 11.2. The summed E-state index contributed by atoms with van der Waals surface area (Å²) in [6.45, 7) is 14.8. The van der Waals surface area contributed by atoms with E-state index >= 15 is 0 Å². The Hall–Kier alpha value is -0.300. The van der Waals surface area contributed by atoms with Gasteiger partial charge in [-0.3, -0.25) is 0 Å². The fourth-order valence-corrected chi connectivity index (χ4v) is 2.72. The minimum Gasteiger partial charge on any atom is -0.386 e. The summed E-state index contributed by atoms with van der Waals surface area (Å²) >= 11 is 0. The highest BCUT2D eigenvalue weighted by atomic mass is 16.3. The summed E-state index contributed by atoms with van der Waals surface area (Å²) in [6, 6.07) is 0. The van der Waals surface area contributed by atoms with Crippen LogP contribution in [0, 0.1) is 17.8 Å². The van der Waals surface area contributed by atoms with Crippen LogP contribution in [0.5, 0.6) is 0 Å². The van der Waals surface area contributed by atoms with E-state index in [9.17, 15) is 5.11 Å². The van der Waals surface area contributed by atoms with Crippen LogP contribution in [0.15, 0.2) is 12.7 Å². The Morgan fingerprint density at radius 2 is 1.42 bits per heavy atom. The summed E-state index contributed by atoms with van der Waals surface area (Å²) in [7, 11) is 0. The van der Waals surface area contributed by atoms with Crippen molar-refractivity contribution in [2.24, 2.45) is 17.8 Å². The van der Waals surface area contributed by atoms with Gasteiger partial charge in [0.1, 0.15) is 0 Å². The zero-order valence-electron chi connectivity index (χ0n) is 13.9. The van der Waals surface area contributed by atoms with Gasteiger partial charge in [0.05, 0.1) is 5.60 Å². The van der Waals surface area contributed by atoms with Crippen LogP contribution < -0.4 is 0 Å². The van der Waals surface area contributed by atoms with E-state index in [1.165, 1.54) is 38.5 Å². The summed E-state index contributed by atoms with van der Waals surface area (Å²) in [6.07, 6.45) is 10.4. The van der Waals surface area contributed by atoms with Gasteiger partial charge in [0, 0.05) is 0 Å². The fourth-order valence-electron chi connectivity index (χ4n) is 2.72. The maximum Gasteiger partial charge on any atom is 0.0799 e. The maximum absolute atomic E-state index is 9.95. The second-order valence-electron chi connectivity index (χ2n) is 7.23. The zero-order chi connectivity index (χ0) is 14.9. The van der Waals surface area contributed by atoms with Crippen LogP contribution in [0.3, 0.4) is 0 Å². The van der Waals surface area contributed by atoms with Crippen LogP contribution in [0.1, 0.15) is 79.6 Å². The van der Waals surface area contributed by atoms with Crippen molar-refractivity contribution in [3.05, 3.63) is 12.7 Å². The standard InChI is InChI=1S/C18H36O/c1-7-18(6,19)14-17(5)13-9-12-16(4)11-8-10-15(2)3/h7,15-17,19H,1,8-14H2,2-6H3. The predicted molar refractivity (Wildman–Crippen MR) is 86.3 cm³/mol. The SMILES string of the molecule is C=CC(C)(O)CC(C)CCCC(C)CCCC(C)C. The van der Waals surface area contributed by atoms with Crippen molar-refractivity contribution in [1.82, 2.24) is 0 Å². The van der Waals surface area contributed by atoms with Gasteiger partial charge < -0.3 is 5.11 Å². The molecule has 0 aromatic heterocycles. The Morgan fingerprint density at radius 1 is 0.947 bits per heavy atom. The summed E-state index contributed by atoms with van der Waals surface area (Å²) in [5.41, 5.74) is -0.692. The average molecular weight is 268 g/mol. The van der Waals surface area contributed by atoms with Crippen molar-refractivity contribution in [1.29, 1.82) is 0 Å². The molecule has 0 amide bonds. The zero-order valence-corrected chi connectivity index (χ0v) is 13.9. The lowest BCUT2D eigenvalue weighted by Crippen LogP contribution is -2.23. The fraction of sp³-hybridized carbons (Fsp3) is 0.889. The van der Waals surface area contributed by atoms with E-state index in [0.29, 0.717) is 5.92 Å². The van der Waals surface area contributed by atoms with Crippen molar-refractivity contribution in [2.75, 3.05) is 0 Å². The molecule has 0 bridgehead atoms.